The Hall–Kier alpha value is -5.42. The maximum absolute atomic E-state index is 11.0. The summed E-state index contributed by atoms with van der Waals surface area (Å²) in [5.41, 5.74) is 10.3. The van der Waals surface area contributed by atoms with Crippen LogP contribution in [0.15, 0.2) is 183 Å². The van der Waals surface area contributed by atoms with Crippen LogP contribution in [0, 0.1) is 48.5 Å². The second-order valence-corrected chi connectivity index (χ2v) is 52.8. The Morgan fingerprint density at radius 3 is 1.19 bits per heavy atom. The van der Waals surface area contributed by atoms with Gasteiger partial charge in [-0.2, -0.15) is 23.9 Å². The first-order chi connectivity index (χ1) is 54.1. The molecule has 6 heterocycles. The zero-order valence-electron chi connectivity index (χ0n) is 78.0. The Labute approximate surface area is 755 Å². The van der Waals surface area contributed by atoms with E-state index in [0.717, 1.165) is 116 Å². The second kappa shape index (κ2) is 68.1. The van der Waals surface area contributed by atoms with Gasteiger partial charge < -0.3 is 51.7 Å². The maximum atomic E-state index is 11.0. The van der Waals surface area contributed by atoms with Crippen molar-refractivity contribution in [3.05, 3.63) is 259 Å². The van der Waals surface area contributed by atoms with Crippen molar-refractivity contribution in [3.8, 4) is 0 Å². The van der Waals surface area contributed by atoms with Gasteiger partial charge in [-0.3, -0.25) is 34.5 Å². The molecule has 1 fully saturated rings. The standard InChI is InChI=1S/C20H20OP.C15H25NO2Si.C14H25NOSi.C9H11NO.C8H9NO.C7H7NO.C6H15ClSi.C4H11NO.C4H8O.2C4H9.ClH.2Li/c1-21-17-22(18-11-5-2-6-12-18,19-13-7-3-8-14-19)20-15-9-4-10-16-20;1-12-7-8-13(14(11-17)16-12)9-10-18-19(5,6)15(2,3)4;1-12-7-8-13(11-15-12)9-10-16-17(5,6)14(2,3)4;1-8-3-4-9(7-10-8)5-6-11-2;1-7-2-3-8(4-5-10)6-9-7;1-6-2-3-7(5-9)4-8-6;1-6(2,3)8(4,5)7;1-5(2)3-4-6;1-2-4-5-3-1;2*1-3-4-2;;;/h2-16H,17H2,1H3;7-8,11H,9-10H2,1-6H3;7-8,11H,9-10H2,1-6H3;3-7H,1-2H3;2-3,5-6H,4H2,1H3;2-5H,1H3;1-5H3;6H,3-4H2,1-2H3;1-4H2;2*1,3-4H2,2H3;1H;;/q+1;;;;;;;;;2*-1;;2*+1. The number of ether oxygens (including phenoxy) is 3. The number of carbonyl (C=O) groups excluding carboxylic acids is 3. The average molecular weight is 1720 g/mol. The Bertz CT molecular complexity index is 3650. The second-order valence-electron chi connectivity index (χ2n) is 32.5. The van der Waals surface area contributed by atoms with Gasteiger partial charge in [0, 0.05) is 105 Å². The minimum atomic E-state index is -1.78. The largest absolute Gasteiger partial charge is 1.00 e. The van der Waals surface area contributed by atoms with Crippen molar-refractivity contribution in [2.45, 2.75) is 223 Å². The first-order valence-corrected chi connectivity index (χ1v) is 52.0. The van der Waals surface area contributed by atoms with Crippen molar-refractivity contribution >= 4 is 95.6 Å². The van der Waals surface area contributed by atoms with Crippen molar-refractivity contribution in [1.82, 2.24) is 29.8 Å². The van der Waals surface area contributed by atoms with Gasteiger partial charge in [0.05, 0.1) is 20.0 Å². The van der Waals surface area contributed by atoms with E-state index in [0.29, 0.717) is 40.7 Å². The first kappa shape index (κ1) is 121. The molecule has 0 radical (unpaired) electrons. The van der Waals surface area contributed by atoms with Crippen molar-refractivity contribution < 1.29 is 80.3 Å². The molecule has 646 valence electrons. The Balaban J connectivity index is -0.000000412. The van der Waals surface area contributed by atoms with E-state index in [1.807, 2.05) is 115 Å². The third kappa shape index (κ3) is 54.9. The predicted octanol–water partition coefficient (Wildman–Crippen LogP) is 16.9. The smallest absolute Gasteiger partial charge is 0.504 e. The van der Waals surface area contributed by atoms with Crippen molar-refractivity contribution in [1.29, 1.82) is 0 Å². The molecule has 9 rings (SSSR count). The third-order valence-corrected chi connectivity index (χ3v) is 37.5. The zero-order valence-corrected chi connectivity index (χ0v) is 83.5. The molecule has 23 heteroatoms. The molecule has 1 aliphatic heterocycles. The summed E-state index contributed by atoms with van der Waals surface area (Å²) in [5.74, 6) is 0. The van der Waals surface area contributed by atoms with Crippen LogP contribution in [-0.2, 0) is 47.1 Å². The molecule has 1 aliphatic rings. The predicted molar refractivity (Wildman–Crippen MR) is 509 cm³/mol. The molecular weight excluding hydrogens is 1570 g/mol. The van der Waals surface area contributed by atoms with Crippen LogP contribution >= 0.6 is 30.7 Å². The molecule has 5 aromatic heterocycles. The molecule has 0 atom stereocenters. The van der Waals surface area contributed by atoms with E-state index in [2.05, 4.69) is 257 Å². The van der Waals surface area contributed by atoms with E-state index in [1.165, 1.54) is 47.2 Å². The normalized spacial score (nSPS) is 11.4. The number of hydrogen-bond acceptors (Lipinski definition) is 15. The number of aldehydes is 3. The third-order valence-electron chi connectivity index (χ3n) is 19.0. The Morgan fingerprint density at radius 1 is 0.534 bits per heavy atom. The van der Waals surface area contributed by atoms with E-state index in [4.69, 9.17) is 39.2 Å². The number of aliphatic hydroxyl groups excluding tert-OH is 1. The summed E-state index contributed by atoms with van der Waals surface area (Å²) >= 11 is 6.15. The molecule has 0 bridgehead atoms. The molecule has 8 aromatic rings. The average Bonchev–Trinajstić information content (AvgIpc) is 0.820. The SMILES string of the molecule is C1CCOC1.CC(C)(C)[Si](C)(C)Cl.CN(C)CCO.COC=Cc1ccc(C)nc1.COC[P+](c1ccccc1)(c1ccccc1)c1ccccc1.Cc1ccc(C=O)cn1.Cc1ccc(CC=O)cn1.Cc1ccc(CCO[Si](C)(C)C(C)(C)C)c(C=O)n1.Cc1ccc(CCO[Si](C)(C)C(C)(C)C)cn1.Cl.[CH2-]CCC.[CH2-]CCC.[Li+].[Li+]. The Morgan fingerprint density at radius 2 is 0.907 bits per heavy atom. The number of aryl methyl sites for hydroxylation is 5. The zero-order chi connectivity index (χ0) is 87.6. The quantitative estimate of drug-likeness (QED) is 0.0159. The van der Waals surface area contributed by atoms with Gasteiger partial charge in [0.2, 0.25) is 0 Å². The molecule has 0 amide bonds. The summed E-state index contributed by atoms with van der Waals surface area (Å²) < 4.78 is 27.7. The summed E-state index contributed by atoms with van der Waals surface area (Å²) in [4.78, 5) is 53.7. The maximum Gasteiger partial charge on any atom is 1.00 e. The fourth-order valence-corrected chi connectivity index (χ4v) is 14.3. The number of nitrogens with zero attached hydrogens (tertiary/aromatic N) is 6. The number of aliphatic hydroxyl groups is 1. The van der Waals surface area contributed by atoms with Crippen LogP contribution in [0.1, 0.15) is 186 Å². The summed E-state index contributed by atoms with van der Waals surface area (Å²) in [7, 11) is 0.814. The number of pyridine rings is 5. The van der Waals surface area contributed by atoms with Crippen molar-refractivity contribution in [2.75, 3.05) is 74.2 Å². The molecular formula is C95H150Cl2Li2N6O9PSi3+. The van der Waals surface area contributed by atoms with E-state index < -0.39 is 31.3 Å². The number of methoxy groups -OCH3 is 2. The Kier molecular flexibility index (Phi) is 69.9. The number of halogens is 2. The monoisotopic (exact) mass is 1720 g/mol. The fourth-order valence-electron chi connectivity index (χ4n) is 8.45. The molecule has 15 nitrogen and oxygen atoms in total. The van der Waals surface area contributed by atoms with Gasteiger partial charge in [0.1, 0.15) is 35.2 Å². The molecule has 118 heavy (non-hydrogen) atoms. The van der Waals surface area contributed by atoms with Crippen LogP contribution in [0.3, 0.4) is 0 Å². The van der Waals surface area contributed by atoms with Gasteiger partial charge in [-0.15, -0.1) is 12.4 Å². The van der Waals surface area contributed by atoms with E-state index in [9.17, 15) is 14.4 Å². The van der Waals surface area contributed by atoms with E-state index >= 15 is 0 Å². The van der Waals surface area contributed by atoms with Crippen LogP contribution in [0.2, 0.25) is 54.4 Å². The van der Waals surface area contributed by atoms with E-state index in [1.54, 1.807) is 38.9 Å². The molecule has 0 unspecified atom stereocenters. The molecule has 0 aliphatic carbocycles. The minimum Gasteiger partial charge on any atom is -0.504 e. The molecule has 1 saturated heterocycles. The first-order valence-electron chi connectivity index (χ1n) is 40.2. The number of likely N-dealkylation sites (N-methyl/N-ethyl adjacent to an activating group) is 1. The van der Waals surface area contributed by atoms with Crippen LogP contribution in [-0.4, -0.2) is 152 Å². The van der Waals surface area contributed by atoms with Crippen LogP contribution in [0.25, 0.3) is 6.08 Å². The van der Waals surface area contributed by atoms with Gasteiger partial charge in [-0.1, -0.05) is 181 Å². The topological polar surface area (TPSA) is 185 Å². The molecule has 1 N–H and O–H groups in total. The summed E-state index contributed by atoms with van der Waals surface area (Å²) in [6, 6.07) is 51.7. The number of benzene rings is 3. The van der Waals surface area contributed by atoms with Gasteiger partial charge >= 0.3 is 37.7 Å². The van der Waals surface area contributed by atoms with Crippen molar-refractivity contribution in [3.63, 3.8) is 0 Å². The van der Waals surface area contributed by atoms with Crippen LogP contribution in [0.5, 0.6) is 0 Å². The van der Waals surface area contributed by atoms with Gasteiger partial charge in [-0.05, 0) is 217 Å². The summed E-state index contributed by atoms with van der Waals surface area (Å²) in [5, 5.41) is 13.1. The van der Waals surface area contributed by atoms with Crippen LogP contribution in [0.4, 0.5) is 0 Å². The van der Waals surface area contributed by atoms with Gasteiger partial charge in [-0.25, -0.2) is 0 Å². The summed E-state index contributed by atoms with van der Waals surface area (Å²) in [6.45, 7) is 59.1. The molecule has 0 saturated carbocycles. The number of rotatable bonds is 23. The molecule has 0 spiro atoms. The minimum absolute atomic E-state index is 0. The summed E-state index contributed by atoms with van der Waals surface area (Å²) in [6.07, 6.45) is 23.0. The number of unbranched alkanes of at least 4 members (excludes halogenated alkanes) is 2. The van der Waals surface area contributed by atoms with Gasteiger partial charge in [0.25, 0.3) is 0 Å². The van der Waals surface area contributed by atoms with Crippen LogP contribution < -0.4 is 53.6 Å². The number of carbonyl (C=O) groups is 3. The van der Waals surface area contributed by atoms with E-state index in [-0.39, 0.29) is 61.8 Å². The van der Waals surface area contributed by atoms with Gasteiger partial charge in [0.15, 0.2) is 42.9 Å². The molecule has 3 aromatic carbocycles. The van der Waals surface area contributed by atoms with Crippen molar-refractivity contribution in [2.24, 2.45) is 0 Å². The fraction of sp³-hybridized carbons (Fsp3) is 0.474. The number of aromatic nitrogens is 5. The number of hydrogen-bond donors (Lipinski definition) is 1.